The Morgan fingerprint density at radius 3 is 2.70 bits per heavy atom. The lowest BCUT2D eigenvalue weighted by Crippen LogP contribution is -2.42. The molecule has 0 aromatic heterocycles. The minimum absolute atomic E-state index is 0.192. The fraction of sp³-hybridized carbons (Fsp3) is 0.562. The fourth-order valence-electron chi connectivity index (χ4n) is 3.02. The third-order valence-electron chi connectivity index (χ3n) is 4.35. The van der Waals surface area contributed by atoms with Crippen molar-refractivity contribution in [2.24, 2.45) is 0 Å². The molecule has 0 radical (unpaired) electrons. The highest BCUT2D eigenvalue weighted by molar-refractivity contribution is 6.30. The molecule has 1 aliphatic heterocycles. The van der Waals surface area contributed by atoms with Crippen molar-refractivity contribution in [2.75, 3.05) is 6.54 Å². The van der Waals surface area contributed by atoms with Crippen LogP contribution in [0.2, 0.25) is 5.02 Å². The first kappa shape index (κ1) is 13.9. The minimum Gasteiger partial charge on any atom is -0.356 e. The summed E-state index contributed by atoms with van der Waals surface area (Å²) >= 11 is 5.93. The third-order valence-corrected chi connectivity index (χ3v) is 4.61. The molecule has 108 valence electrons. The number of hydrogen-bond donors (Lipinski definition) is 2. The molecule has 0 bridgehead atoms. The van der Waals surface area contributed by atoms with Crippen molar-refractivity contribution in [3.05, 3.63) is 34.9 Å². The molecule has 1 saturated carbocycles. The SMILES string of the molecule is O=C1CC[C@H](NC2(Cc3ccc(Cl)cc3)CC2)CCN1. The van der Waals surface area contributed by atoms with Crippen molar-refractivity contribution < 1.29 is 4.79 Å². The molecule has 2 N–H and O–H groups in total. The molecule has 3 nitrogen and oxygen atoms in total. The predicted octanol–water partition coefficient (Wildman–Crippen LogP) is 2.67. The van der Waals surface area contributed by atoms with Gasteiger partial charge in [0.1, 0.15) is 0 Å². The number of hydrogen-bond acceptors (Lipinski definition) is 2. The molecule has 0 spiro atoms. The normalized spacial score (nSPS) is 24.9. The van der Waals surface area contributed by atoms with Gasteiger partial charge in [-0.15, -0.1) is 0 Å². The predicted molar refractivity (Wildman–Crippen MR) is 80.9 cm³/mol. The van der Waals surface area contributed by atoms with Gasteiger partial charge in [0, 0.05) is 29.6 Å². The van der Waals surface area contributed by atoms with Crippen molar-refractivity contribution in [1.29, 1.82) is 0 Å². The molecule has 1 atom stereocenters. The Morgan fingerprint density at radius 2 is 2.00 bits per heavy atom. The molecule has 2 fully saturated rings. The molecule has 1 aromatic carbocycles. The second-order valence-electron chi connectivity index (χ2n) is 6.10. The highest BCUT2D eigenvalue weighted by Gasteiger charge is 2.43. The summed E-state index contributed by atoms with van der Waals surface area (Å²) in [5, 5.41) is 7.54. The average molecular weight is 293 g/mol. The Hall–Kier alpha value is -1.06. The van der Waals surface area contributed by atoms with Crippen molar-refractivity contribution in [1.82, 2.24) is 10.6 Å². The Bertz CT molecular complexity index is 482. The third kappa shape index (κ3) is 3.53. The van der Waals surface area contributed by atoms with Gasteiger partial charge in [0.25, 0.3) is 0 Å². The topological polar surface area (TPSA) is 41.1 Å². The standard InChI is InChI=1S/C16H21ClN2O/c17-13-3-1-12(2-4-13)11-16(8-9-16)19-14-5-6-15(20)18-10-7-14/h1-4,14,19H,5-11H2,(H,18,20)/t14-/m0/s1. The Morgan fingerprint density at radius 1 is 1.25 bits per heavy atom. The summed E-state index contributed by atoms with van der Waals surface area (Å²) in [5.74, 6) is 0.192. The van der Waals surface area contributed by atoms with Crippen molar-refractivity contribution >= 4 is 17.5 Å². The van der Waals surface area contributed by atoms with E-state index < -0.39 is 0 Å². The lowest BCUT2D eigenvalue weighted by Gasteiger charge is -2.24. The second-order valence-corrected chi connectivity index (χ2v) is 6.54. The van der Waals surface area contributed by atoms with Crippen LogP contribution in [0.4, 0.5) is 0 Å². The van der Waals surface area contributed by atoms with Gasteiger partial charge in [0.05, 0.1) is 0 Å². The summed E-state index contributed by atoms with van der Waals surface area (Å²) in [5.41, 5.74) is 1.59. The van der Waals surface area contributed by atoms with E-state index in [0.717, 1.165) is 30.8 Å². The van der Waals surface area contributed by atoms with E-state index in [0.29, 0.717) is 12.5 Å². The Balaban J connectivity index is 1.58. The lowest BCUT2D eigenvalue weighted by atomic mass is 10.0. The van der Waals surface area contributed by atoms with Crippen LogP contribution in [-0.4, -0.2) is 24.0 Å². The van der Waals surface area contributed by atoms with Gasteiger partial charge in [0.2, 0.25) is 5.91 Å². The maximum Gasteiger partial charge on any atom is 0.220 e. The summed E-state index contributed by atoms with van der Waals surface area (Å²) in [6, 6.07) is 8.61. The molecule has 1 aliphatic carbocycles. The quantitative estimate of drug-likeness (QED) is 0.896. The maximum absolute atomic E-state index is 11.4. The summed E-state index contributed by atoms with van der Waals surface area (Å²) in [4.78, 5) is 11.4. The fourth-order valence-corrected chi connectivity index (χ4v) is 3.14. The van der Waals surface area contributed by atoms with Crippen LogP contribution in [-0.2, 0) is 11.2 Å². The van der Waals surface area contributed by atoms with E-state index in [1.54, 1.807) is 0 Å². The van der Waals surface area contributed by atoms with Gasteiger partial charge in [-0.05, 0) is 49.8 Å². The number of amides is 1. The maximum atomic E-state index is 11.4. The van der Waals surface area contributed by atoms with Gasteiger partial charge in [-0.2, -0.15) is 0 Å². The minimum atomic E-state index is 0.192. The number of benzene rings is 1. The Kier molecular flexibility index (Phi) is 3.99. The van der Waals surface area contributed by atoms with Crippen molar-refractivity contribution in [3.8, 4) is 0 Å². The van der Waals surface area contributed by atoms with E-state index in [1.807, 2.05) is 12.1 Å². The van der Waals surface area contributed by atoms with Gasteiger partial charge in [-0.25, -0.2) is 0 Å². The van der Waals surface area contributed by atoms with Crippen LogP contribution in [0, 0.1) is 0 Å². The van der Waals surface area contributed by atoms with Crippen LogP contribution in [0.1, 0.15) is 37.7 Å². The van der Waals surface area contributed by atoms with Crippen LogP contribution in [0.5, 0.6) is 0 Å². The molecule has 1 aromatic rings. The zero-order valence-electron chi connectivity index (χ0n) is 11.6. The highest BCUT2D eigenvalue weighted by atomic mass is 35.5. The zero-order valence-corrected chi connectivity index (χ0v) is 12.4. The molecule has 4 heteroatoms. The van der Waals surface area contributed by atoms with Crippen molar-refractivity contribution in [2.45, 2.75) is 50.1 Å². The van der Waals surface area contributed by atoms with E-state index in [9.17, 15) is 4.79 Å². The summed E-state index contributed by atoms with van der Waals surface area (Å²) in [7, 11) is 0. The van der Waals surface area contributed by atoms with Crippen LogP contribution in [0.3, 0.4) is 0 Å². The van der Waals surface area contributed by atoms with Crippen molar-refractivity contribution in [3.63, 3.8) is 0 Å². The molecule has 2 aliphatic rings. The van der Waals surface area contributed by atoms with Crippen LogP contribution in [0.25, 0.3) is 0 Å². The van der Waals surface area contributed by atoms with Gasteiger partial charge >= 0.3 is 0 Å². The smallest absolute Gasteiger partial charge is 0.220 e. The summed E-state index contributed by atoms with van der Waals surface area (Å²) in [6.07, 6.45) is 6.15. The largest absolute Gasteiger partial charge is 0.356 e. The Labute approximate surface area is 125 Å². The lowest BCUT2D eigenvalue weighted by molar-refractivity contribution is -0.120. The number of nitrogens with one attached hydrogen (secondary N) is 2. The molecular weight excluding hydrogens is 272 g/mol. The summed E-state index contributed by atoms with van der Waals surface area (Å²) < 4.78 is 0. The average Bonchev–Trinajstić information content (AvgIpc) is 3.20. The van der Waals surface area contributed by atoms with E-state index >= 15 is 0 Å². The number of carbonyl (C=O) groups is 1. The van der Waals surface area contributed by atoms with Gasteiger partial charge in [0.15, 0.2) is 0 Å². The molecule has 1 saturated heterocycles. The van der Waals surface area contributed by atoms with Gasteiger partial charge in [-0.1, -0.05) is 23.7 Å². The molecule has 3 rings (SSSR count). The van der Waals surface area contributed by atoms with E-state index in [-0.39, 0.29) is 11.4 Å². The zero-order chi connectivity index (χ0) is 14.0. The first-order valence-electron chi connectivity index (χ1n) is 7.44. The van der Waals surface area contributed by atoms with Gasteiger partial charge in [-0.3, -0.25) is 4.79 Å². The van der Waals surface area contributed by atoms with Crippen LogP contribution in [0.15, 0.2) is 24.3 Å². The first-order valence-corrected chi connectivity index (χ1v) is 7.82. The summed E-state index contributed by atoms with van der Waals surface area (Å²) in [6.45, 7) is 0.799. The van der Waals surface area contributed by atoms with Gasteiger partial charge < -0.3 is 10.6 Å². The van der Waals surface area contributed by atoms with Crippen LogP contribution >= 0.6 is 11.6 Å². The van der Waals surface area contributed by atoms with E-state index in [4.69, 9.17) is 11.6 Å². The first-order chi connectivity index (χ1) is 9.65. The number of rotatable bonds is 4. The molecule has 20 heavy (non-hydrogen) atoms. The highest BCUT2D eigenvalue weighted by Crippen LogP contribution is 2.39. The number of halogens is 1. The molecule has 0 unspecified atom stereocenters. The molecule has 1 heterocycles. The monoisotopic (exact) mass is 292 g/mol. The van der Waals surface area contributed by atoms with E-state index in [1.165, 1.54) is 18.4 Å². The second kappa shape index (κ2) is 5.74. The molecular formula is C16H21ClN2O. The number of carbonyl (C=O) groups excluding carboxylic acids is 1. The van der Waals surface area contributed by atoms with Crippen LogP contribution < -0.4 is 10.6 Å². The molecule has 1 amide bonds. The van der Waals surface area contributed by atoms with E-state index in [2.05, 4.69) is 22.8 Å².